The molecule has 0 radical (unpaired) electrons. The Balaban J connectivity index is 1.87. The Morgan fingerprint density at radius 1 is 1.00 bits per heavy atom. The molecule has 0 unspecified atom stereocenters. The first-order chi connectivity index (χ1) is 9.72. The smallest absolute Gasteiger partial charge is 0.255 e. The summed E-state index contributed by atoms with van der Waals surface area (Å²) in [7, 11) is 0. The van der Waals surface area contributed by atoms with Crippen LogP contribution in [0.25, 0.3) is 11.0 Å². The van der Waals surface area contributed by atoms with Gasteiger partial charge in [-0.15, -0.1) is 0 Å². The minimum absolute atomic E-state index is 0.208. The van der Waals surface area contributed by atoms with Crippen LogP contribution in [0, 0.1) is 0 Å². The summed E-state index contributed by atoms with van der Waals surface area (Å²) in [5, 5.41) is 2.82. The first-order valence-electron chi connectivity index (χ1n) is 6.10. The lowest BCUT2D eigenvalue weighted by Crippen LogP contribution is -2.12. The predicted octanol–water partition coefficient (Wildman–Crippen LogP) is 2.46. The highest BCUT2D eigenvalue weighted by atomic mass is 16.1. The number of nitrogens with two attached hydrogens (primary N) is 1. The fraction of sp³-hybridized carbons (Fsp3) is 0. The number of carbonyl (C=O) groups is 1. The standard InChI is InChI=1S/C15H12N4O/c16-11-3-1-2-10(8-11)15(20)19-12-4-5-13-14(9-12)18-7-6-17-13/h1-9H,16H2,(H,19,20). The molecule has 0 fully saturated rings. The molecule has 5 nitrogen and oxygen atoms in total. The molecule has 98 valence electrons. The Morgan fingerprint density at radius 2 is 1.80 bits per heavy atom. The number of nitrogens with one attached hydrogen (secondary N) is 1. The van der Waals surface area contributed by atoms with E-state index >= 15 is 0 Å². The van der Waals surface area contributed by atoms with E-state index in [9.17, 15) is 4.79 Å². The highest BCUT2D eigenvalue weighted by Crippen LogP contribution is 2.16. The number of aromatic nitrogens is 2. The van der Waals surface area contributed by atoms with Crippen LogP contribution in [0.15, 0.2) is 54.9 Å². The maximum atomic E-state index is 12.1. The summed E-state index contributed by atoms with van der Waals surface area (Å²) < 4.78 is 0. The van der Waals surface area contributed by atoms with Crippen LogP contribution in [0.4, 0.5) is 11.4 Å². The molecule has 0 aliphatic rings. The van der Waals surface area contributed by atoms with Crippen molar-refractivity contribution in [1.82, 2.24) is 9.97 Å². The van der Waals surface area contributed by atoms with Gasteiger partial charge in [0.25, 0.3) is 5.91 Å². The van der Waals surface area contributed by atoms with Crippen molar-refractivity contribution in [2.24, 2.45) is 0 Å². The molecule has 0 aliphatic heterocycles. The van der Waals surface area contributed by atoms with Gasteiger partial charge in [-0.25, -0.2) is 0 Å². The summed E-state index contributed by atoms with van der Waals surface area (Å²) in [4.78, 5) is 20.5. The first-order valence-corrected chi connectivity index (χ1v) is 6.10. The molecule has 3 rings (SSSR count). The van der Waals surface area contributed by atoms with Gasteiger partial charge in [0.15, 0.2) is 0 Å². The average Bonchev–Trinajstić information content (AvgIpc) is 2.47. The molecule has 0 aliphatic carbocycles. The molecule has 3 aromatic rings. The second kappa shape index (κ2) is 4.97. The molecule has 0 bridgehead atoms. The third-order valence-corrected chi connectivity index (χ3v) is 2.88. The topological polar surface area (TPSA) is 80.9 Å². The molecule has 1 heterocycles. The minimum atomic E-state index is -0.208. The van der Waals surface area contributed by atoms with Crippen LogP contribution in [-0.2, 0) is 0 Å². The summed E-state index contributed by atoms with van der Waals surface area (Å²) >= 11 is 0. The Hall–Kier alpha value is -2.95. The molecule has 0 saturated carbocycles. The lowest BCUT2D eigenvalue weighted by molar-refractivity contribution is 0.102. The van der Waals surface area contributed by atoms with Gasteiger partial charge in [-0.05, 0) is 36.4 Å². The van der Waals surface area contributed by atoms with E-state index in [1.54, 1.807) is 48.8 Å². The van der Waals surface area contributed by atoms with Crippen LogP contribution in [0.1, 0.15) is 10.4 Å². The molecule has 1 aromatic heterocycles. The largest absolute Gasteiger partial charge is 0.399 e. The zero-order chi connectivity index (χ0) is 13.9. The summed E-state index contributed by atoms with van der Waals surface area (Å²) in [6.45, 7) is 0. The molecular weight excluding hydrogens is 252 g/mol. The molecule has 5 heteroatoms. The normalized spacial score (nSPS) is 10.4. The van der Waals surface area contributed by atoms with E-state index in [0.717, 1.165) is 11.0 Å². The van der Waals surface area contributed by atoms with Gasteiger partial charge >= 0.3 is 0 Å². The number of anilines is 2. The monoisotopic (exact) mass is 264 g/mol. The number of nitrogens with zero attached hydrogens (tertiary/aromatic N) is 2. The van der Waals surface area contributed by atoms with Crippen molar-refractivity contribution in [1.29, 1.82) is 0 Å². The Morgan fingerprint density at radius 3 is 2.60 bits per heavy atom. The summed E-state index contributed by atoms with van der Waals surface area (Å²) in [5.41, 5.74) is 8.93. The molecule has 2 aromatic carbocycles. The molecule has 1 amide bonds. The Kier molecular flexibility index (Phi) is 3.01. The van der Waals surface area contributed by atoms with E-state index in [-0.39, 0.29) is 5.91 Å². The second-order valence-electron chi connectivity index (χ2n) is 4.34. The highest BCUT2D eigenvalue weighted by Gasteiger charge is 2.07. The van der Waals surface area contributed by atoms with Crippen LogP contribution in [0.3, 0.4) is 0 Å². The SMILES string of the molecule is Nc1cccc(C(=O)Nc2ccc3nccnc3c2)c1. The van der Waals surface area contributed by atoms with Crippen LogP contribution < -0.4 is 11.1 Å². The van der Waals surface area contributed by atoms with Gasteiger partial charge in [0, 0.05) is 29.3 Å². The van der Waals surface area contributed by atoms with Gasteiger partial charge in [0.05, 0.1) is 11.0 Å². The molecule has 3 N–H and O–H groups in total. The van der Waals surface area contributed by atoms with Gasteiger partial charge in [0.1, 0.15) is 0 Å². The van der Waals surface area contributed by atoms with Crippen molar-refractivity contribution >= 4 is 28.3 Å². The maximum Gasteiger partial charge on any atom is 0.255 e. The third kappa shape index (κ3) is 2.42. The van der Waals surface area contributed by atoms with Gasteiger partial charge in [-0.3, -0.25) is 14.8 Å². The van der Waals surface area contributed by atoms with Crippen molar-refractivity contribution in [2.45, 2.75) is 0 Å². The molecule has 0 spiro atoms. The van der Waals surface area contributed by atoms with Gasteiger partial charge in [0.2, 0.25) is 0 Å². The van der Waals surface area contributed by atoms with Gasteiger partial charge < -0.3 is 11.1 Å². The zero-order valence-electron chi connectivity index (χ0n) is 10.6. The van der Waals surface area contributed by atoms with E-state index in [1.807, 2.05) is 6.07 Å². The number of carbonyl (C=O) groups excluding carboxylic acids is 1. The quantitative estimate of drug-likeness (QED) is 0.697. The molecule has 0 saturated heterocycles. The Labute approximate surface area is 115 Å². The van der Waals surface area contributed by atoms with E-state index in [4.69, 9.17) is 5.73 Å². The Bertz CT molecular complexity index is 785. The van der Waals surface area contributed by atoms with Crippen LogP contribution in [0.5, 0.6) is 0 Å². The van der Waals surface area contributed by atoms with E-state index in [2.05, 4.69) is 15.3 Å². The van der Waals surface area contributed by atoms with Crippen molar-refractivity contribution < 1.29 is 4.79 Å². The van der Waals surface area contributed by atoms with Crippen LogP contribution >= 0.6 is 0 Å². The number of hydrogen-bond acceptors (Lipinski definition) is 4. The maximum absolute atomic E-state index is 12.1. The lowest BCUT2D eigenvalue weighted by Gasteiger charge is -2.06. The lowest BCUT2D eigenvalue weighted by atomic mass is 10.2. The van der Waals surface area contributed by atoms with E-state index in [0.29, 0.717) is 16.9 Å². The van der Waals surface area contributed by atoms with E-state index in [1.165, 1.54) is 0 Å². The van der Waals surface area contributed by atoms with Crippen molar-refractivity contribution in [3.63, 3.8) is 0 Å². The number of amides is 1. The highest BCUT2D eigenvalue weighted by molar-refractivity contribution is 6.05. The molecule has 0 atom stereocenters. The fourth-order valence-corrected chi connectivity index (χ4v) is 1.92. The predicted molar refractivity (Wildman–Crippen MR) is 78.3 cm³/mol. The van der Waals surface area contributed by atoms with Crippen molar-refractivity contribution in [3.05, 3.63) is 60.4 Å². The third-order valence-electron chi connectivity index (χ3n) is 2.88. The van der Waals surface area contributed by atoms with Crippen molar-refractivity contribution in [2.75, 3.05) is 11.1 Å². The zero-order valence-corrected chi connectivity index (χ0v) is 10.6. The van der Waals surface area contributed by atoms with E-state index < -0.39 is 0 Å². The average molecular weight is 264 g/mol. The van der Waals surface area contributed by atoms with Crippen LogP contribution in [0.2, 0.25) is 0 Å². The number of nitrogen functional groups attached to an aromatic ring is 1. The second-order valence-corrected chi connectivity index (χ2v) is 4.34. The summed E-state index contributed by atoms with van der Waals surface area (Å²) in [6.07, 6.45) is 3.25. The number of fused-ring (bicyclic) bond motifs is 1. The van der Waals surface area contributed by atoms with Crippen molar-refractivity contribution in [3.8, 4) is 0 Å². The number of benzene rings is 2. The summed E-state index contributed by atoms with van der Waals surface area (Å²) in [6, 6.07) is 12.2. The first kappa shape index (κ1) is 12.1. The van der Waals surface area contributed by atoms with Gasteiger partial charge in [-0.2, -0.15) is 0 Å². The van der Waals surface area contributed by atoms with Crippen LogP contribution in [-0.4, -0.2) is 15.9 Å². The fourth-order valence-electron chi connectivity index (χ4n) is 1.92. The molecule has 20 heavy (non-hydrogen) atoms. The molecular formula is C15H12N4O. The minimum Gasteiger partial charge on any atom is -0.399 e. The van der Waals surface area contributed by atoms with Gasteiger partial charge in [-0.1, -0.05) is 6.07 Å². The summed E-state index contributed by atoms with van der Waals surface area (Å²) in [5.74, 6) is -0.208. The number of rotatable bonds is 2. The number of hydrogen-bond donors (Lipinski definition) is 2.